The number of carbonyl (C=O) groups is 3. The van der Waals surface area contributed by atoms with E-state index >= 15 is 0 Å². The lowest BCUT2D eigenvalue weighted by Crippen LogP contribution is -2.37. The summed E-state index contributed by atoms with van der Waals surface area (Å²) >= 11 is 0. The molecule has 0 fully saturated rings. The molecule has 0 bridgehead atoms. The Labute approximate surface area is 99.4 Å². The minimum atomic E-state index is -0.782. The fourth-order valence-corrected chi connectivity index (χ4v) is 1.33. The van der Waals surface area contributed by atoms with Crippen LogP contribution >= 0.6 is 0 Å². The second kappa shape index (κ2) is 4.67. The summed E-state index contributed by atoms with van der Waals surface area (Å²) in [5.74, 6) is -1.95. The molecule has 0 radical (unpaired) electrons. The van der Waals surface area contributed by atoms with Crippen LogP contribution in [-0.2, 0) is 19.1 Å². The summed E-state index contributed by atoms with van der Waals surface area (Å²) in [5.41, 5.74) is 4.33. The molecule has 0 spiro atoms. The van der Waals surface area contributed by atoms with Crippen LogP contribution in [0.25, 0.3) is 0 Å². The number of esters is 1. The Balaban J connectivity index is 2.81. The average Bonchev–Trinajstić information content (AvgIpc) is 2.43. The summed E-state index contributed by atoms with van der Waals surface area (Å²) in [6, 6.07) is 0. The normalized spacial score (nSPS) is 16.2. The molecule has 0 atom stereocenters. The Morgan fingerprint density at radius 3 is 2.47 bits per heavy atom. The van der Waals surface area contributed by atoms with Crippen LogP contribution in [-0.4, -0.2) is 41.4 Å². The summed E-state index contributed by atoms with van der Waals surface area (Å²) in [6.07, 6.45) is 0.992. The van der Waals surface area contributed by atoms with Gasteiger partial charge in [-0.05, 0) is 20.8 Å². The standard InChI is InChI=1S/C11H16N2O4/c1-11(2,3)17-10(16)7-6-8(14)13(5-4-12)9(7)15/h6H,4-5,12H2,1-3H3. The van der Waals surface area contributed by atoms with Crippen molar-refractivity contribution in [3.8, 4) is 0 Å². The van der Waals surface area contributed by atoms with Gasteiger partial charge in [0.25, 0.3) is 11.8 Å². The number of hydrogen-bond acceptors (Lipinski definition) is 5. The van der Waals surface area contributed by atoms with E-state index < -0.39 is 23.4 Å². The molecule has 0 aromatic rings. The number of carbonyl (C=O) groups excluding carboxylic acids is 3. The maximum Gasteiger partial charge on any atom is 0.344 e. The highest BCUT2D eigenvalue weighted by Gasteiger charge is 2.36. The van der Waals surface area contributed by atoms with Gasteiger partial charge in [0.2, 0.25) is 0 Å². The first kappa shape index (κ1) is 13.4. The van der Waals surface area contributed by atoms with E-state index in [2.05, 4.69) is 0 Å². The van der Waals surface area contributed by atoms with Crippen molar-refractivity contribution < 1.29 is 19.1 Å². The summed E-state index contributed by atoms with van der Waals surface area (Å²) in [5, 5.41) is 0. The van der Waals surface area contributed by atoms with Gasteiger partial charge in [-0.25, -0.2) is 4.79 Å². The molecule has 94 valence electrons. The third-order valence-electron chi connectivity index (χ3n) is 1.98. The second-order valence-electron chi connectivity index (χ2n) is 4.64. The zero-order chi connectivity index (χ0) is 13.2. The molecule has 0 aliphatic carbocycles. The van der Waals surface area contributed by atoms with Crippen LogP contribution in [0.3, 0.4) is 0 Å². The van der Waals surface area contributed by atoms with Crippen molar-refractivity contribution in [2.75, 3.05) is 13.1 Å². The third kappa shape index (κ3) is 3.13. The van der Waals surface area contributed by atoms with Gasteiger partial charge in [0.05, 0.1) is 0 Å². The Kier molecular flexibility index (Phi) is 3.67. The van der Waals surface area contributed by atoms with Crippen LogP contribution in [0.4, 0.5) is 0 Å². The average molecular weight is 240 g/mol. The van der Waals surface area contributed by atoms with E-state index in [0.29, 0.717) is 0 Å². The molecular formula is C11H16N2O4. The van der Waals surface area contributed by atoms with Gasteiger partial charge in [-0.3, -0.25) is 14.5 Å². The first-order valence-electron chi connectivity index (χ1n) is 5.27. The van der Waals surface area contributed by atoms with Gasteiger partial charge in [-0.1, -0.05) is 0 Å². The van der Waals surface area contributed by atoms with Crippen molar-refractivity contribution in [1.29, 1.82) is 0 Å². The molecule has 1 rings (SSSR count). The van der Waals surface area contributed by atoms with Crippen molar-refractivity contribution in [2.45, 2.75) is 26.4 Å². The maximum atomic E-state index is 11.7. The molecule has 6 nitrogen and oxygen atoms in total. The number of amides is 2. The minimum absolute atomic E-state index is 0.0977. The van der Waals surface area contributed by atoms with Gasteiger partial charge in [0.15, 0.2) is 0 Å². The van der Waals surface area contributed by atoms with Crippen molar-refractivity contribution in [1.82, 2.24) is 4.90 Å². The van der Waals surface area contributed by atoms with Gasteiger partial charge < -0.3 is 10.5 Å². The Bertz CT molecular complexity index is 393. The number of rotatable bonds is 3. The van der Waals surface area contributed by atoms with Gasteiger partial charge in [-0.2, -0.15) is 0 Å². The van der Waals surface area contributed by atoms with Crippen LogP contribution in [0.1, 0.15) is 20.8 Å². The molecular weight excluding hydrogens is 224 g/mol. The third-order valence-corrected chi connectivity index (χ3v) is 1.98. The number of nitrogens with two attached hydrogens (primary N) is 1. The maximum absolute atomic E-state index is 11.7. The molecule has 17 heavy (non-hydrogen) atoms. The highest BCUT2D eigenvalue weighted by atomic mass is 16.6. The van der Waals surface area contributed by atoms with E-state index in [0.717, 1.165) is 11.0 Å². The SMILES string of the molecule is CC(C)(C)OC(=O)C1=CC(=O)N(CCN)C1=O. The zero-order valence-corrected chi connectivity index (χ0v) is 10.1. The van der Waals surface area contributed by atoms with E-state index in [1.54, 1.807) is 20.8 Å². The van der Waals surface area contributed by atoms with E-state index in [4.69, 9.17) is 10.5 Å². The van der Waals surface area contributed by atoms with Crippen molar-refractivity contribution in [3.63, 3.8) is 0 Å². The molecule has 1 heterocycles. The first-order valence-corrected chi connectivity index (χ1v) is 5.27. The summed E-state index contributed by atoms with van der Waals surface area (Å²) in [4.78, 5) is 35.7. The Morgan fingerprint density at radius 2 is 2.00 bits per heavy atom. The Hall–Kier alpha value is -1.69. The molecule has 0 aromatic carbocycles. The van der Waals surface area contributed by atoms with Crippen LogP contribution < -0.4 is 5.73 Å². The fraction of sp³-hybridized carbons (Fsp3) is 0.545. The monoisotopic (exact) mass is 240 g/mol. The second-order valence-corrected chi connectivity index (χ2v) is 4.64. The van der Waals surface area contributed by atoms with Gasteiger partial charge in [0.1, 0.15) is 11.2 Å². The van der Waals surface area contributed by atoms with E-state index in [-0.39, 0.29) is 18.7 Å². The van der Waals surface area contributed by atoms with Crippen molar-refractivity contribution in [3.05, 3.63) is 11.6 Å². The van der Waals surface area contributed by atoms with Gasteiger partial charge in [-0.15, -0.1) is 0 Å². The fourth-order valence-electron chi connectivity index (χ4n) is 1.33. The molecule has 2 amide bonds. The zero-order valence-electron chi connectivity index (χ0n) is 10.1. The first-order chi connectivity index (χ1) is 7.76. The number of ether oxygens (including phenoxy) is 1. The number of imide groups is 1. The van der Waals surface area contributed by atoms with Crippen LogP contribution in [0.5, 0.6) is 0 Å². The Morgan fingerprint density at radius 1 is 1.41 bits per heavy atom. The highest BCUT2D eigenvalue weighted by Crippen LogP contribution is 2.17. The molecule has 1 aliphatic heterocycles. The topological polar surface area (TPSA) is 89.7 Å². The van der Waals surface area contributed by atoms with Crippen LogP contribution in [0.2, 0.25) is 0 Å². The molecule has 0 aromatic heterocycles. The minimum Gasteiger partial charge on any atom is -0.456 e. The lowest BCUT2D eigenvalue weighted by molar-refractivity contribution is -0.151. The lowest BCUT2D eigenvalue weighted by Gasteiger charge is -2.19. The van der Waals surface area contributed by atoms with Crippen molar-refractivity contribution in [2.24, 2.45) is 5.73 Å². The molecule has 1 aliphatic rings. The van der Waals surface area contributed by atoms with E-state index in [1.165, 1.54) is 0 Å². The van der Waals surface area contributed by atoms with Gasteiger partial charge >= 0.3 is 5.97 Å². The van der Waals surface area contributed by atoms with E-state index in [1.807, 2.05) is 0 Å². The van der Waals surface area contributed by atoms with E-state index in [9.17, 15) is 14.4 Å². The van der Waals surface area contributed by atoms with Crippen molar-refractivity contribution >= 4 is 17.8 Å². The molecule has 6 heteroatoms. The predicted molar refractivity (Wildman–Crippen MR) is 59.7 cm³/mol. The quantitative estimate of drug-likeness (QED) is 0.411. The molecule has 0 saturated heterocycles. The van der Waals surface area contributed by atoms with Crippen LogP contribution in [0.15, 0.2) is 11.6 Å². The predicted octanol–water partition coefficient (Wildman–Crippen LogP) is -0.418. The smallest absolute Gasteiger partial charge is 0.344 e. The lowest BCUT2D eigenvalue weighted by atomic mass is 10.2. The largest absolute Gasteiger partial charge is 0.456 e. The summed E-state index contributed by atoms with van der Waals surface area (Å²) in [7, 11) is 0. The highest BCUT2D eigenvalue weighted by molar-refractivity contribution is 6.28. The van der Waals surface area contributed by atoms with Gasteiger partial charge in [0, 0.05) is 19.2 Å². The summed E-state index contributed by atoms with van der Waals surface area (Å²) < 4.78 is 5.03. The molecule has 0 saturated carbocycles. The number of nitrogens with zero attached hydrogens (tertiary/aromatic N) is 1. The molecule has 0 unspecified atom stereocenters. The summed E-state index contributed by atoms with van der Waals surface area (Å²) in [6.45, 7) is 5.31. The molecule has 2 N–H and O–H groups in total. The number of hydrogen-bond donors (Lipinski definition) is 1. The van der Waals surface area contributed by atoms with Crippen LogP contribution in [0, 0.1) is 0 Å².